The van der Waals surface area contributed by atoms with Crippen LogP contribution in [0.25, 0.3) is 0 Å². The molecule has 0 aromatic heterocycles. The van der Waals surface area contributed by atoms with E-state index in [1.165, 1.54) is 25.7 Å². The zero-order valence-corrected chi connectivity index (χ0v) is 12.6. The van der Waals surface area contributed by atoms with Crippen LogP contribution in [-0.2, 0) is 0 Å². The highest BCUT2D eigenvalue weighted by Gasteiger charge is 2.50. The molecule has 1 N–H and O–H groups in total. The van der Waals surface area contributed by atoms with Crippen molar-refractivity contribution in [1.29, 1.82) is 0 Å². The Hall–Kier alpha value is -0.820. The first-order valence-electron chi connectivity index (χ1n) is 7.95. The second-order valence-electron chi connectivity index (χ2n) is 7.09. The van der Waals surface area contributed by atoms with Crippen molar-refractivity contribution in [3.63, 3.8) is 0 Å². The van der Waals surface area contributed by atoms with Crippen LogP contribution in [0.4, 0.5) is 0 Å². The van der Waals surface area contributed by atoms with E-state index < -0.39 is 0 Å². The Morgan fingerprint density at radius 2 is 1.95 bits per heavy atom. The maximum Gasteiger partial charge on any atom is 0.0356 e. The highest BCUT2D eigenvalue weighted by atomic mass is 14.9. The SMILES string of the molecule is CCNC(c1ccccc1C1CCC1)C1CC1(C)C. The monoisotopic (exact) mass is 257 g/mol. The number of benzene rings is 1. The van der Waals surface area contributed by atoms with Crippen LogP contribution in [0.2, 0.25) is 0 Å². The molecule has 0 radical (unpaired) electrons. The van der Waals surface area contributed by atoms with Crippen LogP contribution in [0, 0.1) is 11.3 Å². The van der Waals surface area contributed by atoms with Crippen molar-refractivity contribution >= 4 is 0 Å². The fraction of sp³-hybridized carbons (Fsp3) is 0.667. The van der Waals surface area contributed by atoms with Gasteiger partial charge in [-0.3, -0.25) is 0 Å². The molecular formula is C18H27N. The molecule has 2 unspecified atom stereocenters. The fourth-order valence-corrected chi connectivity index (χ4v) is 3.65. The molecule has 1 heteroatoms. The molecule has 0 aliphatic heterocycles. The minimum atomic E-state index is 0.527. The molecule has 0 heterocycles. The Morgan fingerprint density at radius 3 is 2.47 bits per heavy atom. The van der Waals surface area contributed by atoms with Gasteiger partial charge in [-0.2, -0.15) is 0 Å². The summed E-state index contributed by atoms with van der Waals surface area (Å²) in [6, 6.07) is 9.75. The van der Waals surface area contributed by atoms with Crippen molar-refractivity contribution < 1.29 is 0 Å². The summed E-state index contributed by atoms with van der Waals surface area (Å²) in [7, 11) is 0. The second kappa shape index (κ2) is 4.94. The second-order valence-corrected chi connectivity index (χ2v) is 7.09. The molecule has 2 aliphatic carbocycles. The minimum Gasteiger partial charge on any atom is -0.310 e. The van der Waals surface area contributed by atoms with Crippen molar-refractivity contribution in [2.75, 3.05) is 6.54 Å². The van der Waals surface area contributed by atoms with E-state index in [1.54, 1.807) is 11.1 Å². The van der Waals surface area contributed by atoms with Gasteiger partial charge in [0.05, 0.1) is 0 Å². The molecule has 2 atom stereocenters. The molecule has 2 aliphatic rings. The molecule has 104 valence electrons. The minimum absolute atomic E-state index is 0.527. The van der Waals surface area contributed by atoms with E-state index in [0.717, 1.165) is 18.4 Å². The van der Waals surface area contributed by atoms with Gasteiger partial charge in [-0.1, -0.05) is 51.5 Å². The molecule has 1 aromatic rings. The van der Waals surface area contributed by atoms with Gasteiger partial charge >= 0.3 is 0 Å². The Labute approximate surface area is 117 Å². The van der Waals surface area contributed by atoms with Crippen molar-refractivity contribution in [3.8, 4) is 0 Å². The summed E-state index contributed by atoms with van der Waals surface area (Å²) >= 11 is 0. The summed E-state index contributed by atoms with van der Waals surface area (Å²) in [5.41, 5.74) is 3.74. The third-order valence-corrected chi connectivity index (χ3v) is 5.29. The summed E-state index contributed by atoms with van der Waals surface area (Å²) in [6.07, 6.45) is 5.57. The van der Waals surface area contributed by atoms with Gasteiger partial charge in [0.2, 0.25) is 0 Å². The van der Waals surface area contributed by atoms with E-state index in [1.807, 2.05) is 0 Å². The molecule has 2 fully saturated rings. The zero-order valence-electron chi connectivity index (χ0n) is 12.6. The van der Waals surface area contributed by atoms with Gasteiger partial charge in [-0.15, -0.1) is 0 Å². The van der Waals surface area contributed by atoms with Gasteiger partial charge in [0, 0.05) is 6.04 Å². The van der Waals surface area contributed by atoms with E-state index in [9.17, 15) is 0 Å². The van der Waals surface area contributed by atoms with Crippen LogP contribution in [-0.4, -0.2) is 6.54 Å². The Morgan fingerprint density at radius 1 is 1.26 bits per heavy atom. The van der Waals surface area contributed by atoms with Gasteiger partial charge in [0.15, 0.2) is 0 Å². The predicted octanol–water partition coefficient (Wildman–Crippen LogP) is 4.65. The van der Waals surface area contributed by atoms with Crippen LogP contribution in [0.1, 0.15) is 69.5 Å². The predicted molar refractivity (Wildman–Crippen MR) is 81.3 cm³/mol. The van der Waals surface area contributed by atoms with Crippen molar-refractivity contribution in [3.05, 3.63) is 35.4 Å². The first kappa shape index (κ1) is 13.2. The van der Waals surface area contributed by atoms with Crippen molar-refractivity contribution in [1.82, 2.24) is 5.32 Å². The van der Waals surface area contributed by atoms with Crippen molar-refractivity contribution in [2.24, 2.45) is 11.3 Å². The Bertz CT molecular complexity index is 445. The average Bonchev–Trinajstić information content (AvgIpc) is 2.94. The molecule has 3 rings (SSSR count). The van der Waals surface area contributed by atoms with Crippen LogP contribution in [0.3, 0.4) is 0 Å². The standard InChI is InChI=1S/C18H27N/c1-4-19-17(16-12-18(16,2)3)15-11-6-5-10-14(15)13-8-7-9-13/h5-6,10-11,13,16-17,19H,4,7-9,12H2,1-3H3. The van der Waals surface area contributed by atoms with Crippen LogP contribution in [0.15, 0.2) is 24.3 Å². The van der Waals surface area contributed by atoms with Gasteiger partial charge in [-0.05, 0) is 54.2 Å². The topological polar surface area (TPSA) is 12.0 Å². The first-order valence-corrected chi connectivity index (χ1v) is 7.95. The van der Waals surface area contributed by atoms with E-state index in [2.05, 4.69) is 50.4 Å². The van der Waals surface area contributed by atoms with Crippen LogP contribution in [0.5, 0.6) is 0 Å². The number of nitrogens with one attached hydrogen (secondary N) is 1. The highest BCUT2D eigenvalue weighted by molar-refractivity contribution is 5.36. The van der Waals surface area contributed by atoms with E-state index in [0.29, 0.717) is 11.5 Å². The summed E-state index contributed by atoms with van der Waals surface area (Å²) in [6.45, 7) is 8.12. The quantitative estimate of drug-likeness (QED) is 0.809. The van der Waals surface area contributed by atoms with Crippen LogP contribution < -0.4 is 5.32 Å². The maximum atomic E-state index is 3.76. The summed E-state index contributed by atoms with van der Waals surface area (Å²) < 4.78 is 0. The maximum absolute atomic E-state index is 3.76. The summed E-state index contributed by atoms with van der Waals surface area (Å²) in [4.78, 5) is 0. The molecule has 1 nitrogen and oxygen atoms in total. The third-order valence-electron chi connectivity index (χ3n) is 5.29. The zero-order chi connectivity index (χ0) is 13.5. The summed E-state index contributed by atoms with van der Waals surface area (Å²) in [5.74, 6) is 1.65. The van der Waals surface area contributed by atoms with E-state index in [4.69, 9.17) is 0 Å². The Balaban J connectivity index is 1.89. The molecule has 0 bridgehead atoms. The lowest BCUT2D eigenvalue weighted by Crippen LogP contribution is -2.26. The lowest BCUT2D eigenvalue weighted by molar-refractivity contribution is 0.392. The lowest BCUT2D eigenvalue weighted by atomic mass is 9.76. The van der Waals surface area contributed by atoms with E-state index >= 15 is 0 Å². The molecule has 0 saturated heterocycles. The number of hydrogen-bond acceptors (Lipinski definition) is 1. The van der Waals surface area contributed by atoms with Gasteiger partial charge in [0.1, 0.15) is 0 Å². The molecule has 19 heavy (non-hydrogen) atoms. The van der Waals surface area contributed by atoms with Crippen molar-refractivity contribution in [2.45, 2.75) is 58.4 Å². The van der Waals surface area contributed by atoms with Gasteiger partial charge in [0.25, 0.3) is 0 Å². The normalized spacial score (nSPS) is 26.8. The lowest BCUT2D eigenvalue weighted by Gasteiger charge is -2.31. The highest BCUT2D eigenvalue weighted by Crippen LogP contribution is 2.58. The first-order chi connectivity index (χ1) is 9.13. The number of hydrogen-bond donors (Lipinski definition) is 1. The largest absolute Gasteiger partial charge is 0.310 e. The van der Waals surface area contributed by atoms with Gasteiger partial charge in [-0.25, -0.2) is 0 Å². The molecule has 1 aromatic carbocycles. The fourth-order valence-electron chi connectivity index (χ4n) is 3.65. The molecule has 2 saturated carbocycles. The third kappa shape index (κ3) is 2.45. The molecule has 0 amide bonds. The smallest absolute Gasteiger partial charge is 0.0356 e. The van der Waals surface area contributed by atoms with E-state index in [-0.39, 0.29) is 0 Å². The molecular weight excluding hydrogens is 230 g/mol. The van der Waals surface area contributed by atoms with Crippen LogP contribution >= 0.6 is 0 Å². The van der Waals surface area contributed by atoms with Gasteiger partial charge < -0.3 is 5.32 Å². The average molecular weight is 257 g/mol. The summed E-state index contributed by atoms with van der Waals surface area (Å²) in [5, 5.41) is 3.76. The number of rotatable bonds is 5. The molecule has 0 spiro atoms. The Kier molecular flexibility index (Phi) is 3.42.